The van der Waals surface area contributed by atoms with E-state index < -0.39 is 18.3 Å². The van der Waals surface area contributed by atoms with Crippen LogP contribution in [0.1, 0.15) is 84.4 Å². The van der Waals surface area contributed by atoms with E-state index >= 15 is 0 Å². The number of carbonyl (C=O) groups is 1. The van der Waals surface area contributed by atoms with Gasteiger partial charge in [-0.15, -0.1) is 0 Å². The Morgan fingerprint density at radius 3 is 2.31 bits per heavy atom. The second-order valence-electron chi connectivity index (χ2n) is 11.4. The summed E-state index contributed by atoms with van der Waals surface area (Å²) in [4.78, 5) is 11.8. The zero-order valence-corrected chi connectivity index (χ0v) is 24.8. The molecule has 3 aliphatic heterocycles. The summed E-state index contributed by atoms with van der Waals surface area (Å²) in [6, 6.07) is 1.96. The Morgan fingerprint density at radius 2 is 1.77 bits per heavy atom. The Hall–Kier alpha value is -1.69. The first-order valence-corrected chi connectivity index (χ1v) is 14.3. The zero-order chi connectivity index (χ0) is 28.2. The van der Waals surface area contributed by atoms with Crippen molar-refractivity contribution in [2.75, 3.05) is 40.1 Å². The molecular formula is C28H42BClN2O7. The number of methoxy groups -OCH3 is 1. The number of halogens is 1. The second kappa shape index (κ2) is 12.9. The van der Waals surface area contributed by atoms with Crippen LogP contribution in [-0.2, 0) is 33.1 Å². The minimum atomic E-state index is -0.600. The highest BCUT2D eigenvalue weighted by atomic mass is 35.5. The summed E-state index contributed by atoms with van der Waals surface area (Å²) in [6.07, 6.45) is 5.75. The molecule has 9 nitrogen and oxygen atoms in total. The van der Waals surface area contributed by atoms with E-state index in [2.05, 4.69) is 6.92 Å². The third-order valence-corrected chi connectivity index (χ3v) is 8.41. The number of benzene rings is 1. The average molecular weight is 565 g/mol. The van der Waals surface area contributed by atoms with Crippen LogP contribution in [0.25, 0.3) is 10.9 Å². The van der Waals surface area contributed by atoms with Crippen molar-refractivity contribution in [1.29, 1.82) is 0 Å². The quantitative estimate of drug-likeness (QED) is 0.366. The van der Waals surface area contributed by atoms with Crippen LogP contribution >= 0.6 is 11.6 Å². The molecule has 0 bridgehead atoms. The van der Waals surface area contributed by atoms with Crippen LogP contribution < -0.4 is 5.46 Å². The van der Waals surface area contributed by atoms with Crippen molar-refractivity contribution in [2.45, 2.75) is 90.1 Å². The lowest BCUT2D eigenvalue weighted by Crippen LogP contribution is -2.41. The van der Waals surface area contributed by atoms with Crippen LogP contribution in [0.4, 0.5) is 0 Å². The highest BCUT2D eigenvalue weighted by molar-refractivity contribution is 6.66. The third-order valence-electron chi connectivity index (χ3n) is 8.10. The van der Waals surface area contributed by atoms with Gasteiger partial charge >= 0.3 is 13.1 Å². The first kappa shape index (κ1) is 30.3. The molecule has 3 saturated heterocycles. The molecule has 3 aliphatic rings. The lowest BCUT2D eigenvalue weighted by atomic mass is 9.71. The van der Waals surface area contributed by atoms with E-state index in [0.717, 1.165) is 74.2 Å². The predicted molar refractivity (Wildman–Crippen MR) is 151 cm³/mol. The number of fused-ring (bicyclic) bond motifs is 1. The molecule has 2 atom stereocenters. The number of ether oxygens (including phenoxy) is 4. The van der Waals surface area contributed by atoms with Crippen LogP contribution in [0.2, 0.25) is 5.02 Å². The molecule has 1 aromatic carbocycles. The maximum atomic E-state index is 11.8. The fourth-order valence-corrected chi connectivity index (χ4v) is 5.47. The standard InChI is InChI=1S/C24H34BClN2O5.C4H8O2/c1-15(10-11-20(29)30-6)21-17(26)13-18-16(14-27-28(18)19-9-7-8-12-31-19)22(21)25-32-23(2,3)24(4,5)33-25;1-2-6-4-3-5-1/h13-15,19H,7-12H2,1-6H3;1-4H2. The molecule has 4 heterocycles. The molecule has 1 aromatic heterocycles. The van der Waals surface area contributed by atoms with E-state index in [0.29, 0.717) is 17.9 Å². The van der Waals surface area contributed by atoms with E-state index in [-0.39, 0.29) is 18.1 Å². The number of nitrogens with zero attached hydrogens (tertiary/aromatic N) is 2. The van der Waals surface area contributed by atoms with Gasteiger partial charge in [-0.25, -0.2) is 4.68 Å². The maximum absolute atomic E-state index is 11.8. The summed E-state index contributed by atoms with van der Waals surface area (Å²) in [7, 11) is 0.806. The maximum Gasteiger partial charge on any atom is 0.495 e. The number of hydrogen-bond donors (Lipinski definition) is 0. The second-order valence-corrected chi connectivity index (χ2v) is 11.8. The molecule has 0 radical (unpaired) electrons. The van der Waals surface area contributed by atoms with Gasteiger partial charge < -0.3 is 28.3 Å². The van der Waals surface area contributed by atoms with E-state index in [1.54, 1.807) is 0 Å². The first-order valence-electron chi connectivity index (χ1n) is 13.9. The third kappa shape index (κ3) is 6.80. The van der Waals surface area contributed by atoms with Crippen LogP contribution in [0.15, 0.2) is 12.3 Å². The van der Waals surface area contributed by atoms with Gasteiger partial charge in [0.2, 0.25) is 0 Å². The fourth-order valence-electron chi connectivity index (χ4n) is 5.08. The van der Waals surface area contributed by atoms with Gasteiger partial charge in [-0.05, 0) is 76.4 Å². The van der Waals surface area contributed by atoms with Crippen molar-refractivity contribution < 1.29 is 33.1 Å². The molecule has 3 fully saturated rings. The Bertz CT molecular complexity index is 1100. The van der Waals surface area contributed by atoms with Crippen molar-refractivity contribution in [3.63, 3.8) is 0 Å². The van der Waals surface area contributed by atoms with Gasteiger partial charge in [-0.2, -0.15) is 5.10 Å². The minimum absolute atomic E-state index is 0.00990. The summed E-state index contributed by atoms with van der Waals surface area (Å²) in [5.41, 5.74) is 1.72. The van der Waals surface area contributed by atoms with Crippen molar-refractivity contribution in [3.05, 3.63) is 22.8 Å². The van der Waals surface area contributed by atoms with E-state index in [4.69, 9.17) is 45.0 Å². The largest absolute Gasteiger partial charge is 0.495 e. The summed E-state index contributed by atoms with van der Waals surface area (Å²) < 4.78 is 35.6. The highest BCUT2D eigenvalue weighted by Gasteiger charge is 2.53. The average Bonchev–Trinajstić information content (AvgIpc) is 3.44. The number of aromatic nitrogens is 2. The molecular weight excluding hydrogens is 523 g/mol. The Balaban J connectivity index is 0.000000519. The lowest BCUT2D eigenvalue weighted by Gasteiger charge is -2.32. The Morgan fingerprint density at radius 1 is 1.13 bits per heavy atom. The van der Waals surface area contributed by atoms with Gasteiger partial charge in [-0.3, -0.25) is 4.79 Å². The van der Waals surface area contributed by atoms with Crippen molar-refractivity contribution in [1.82, 2.24) is 9.78 Å². The highest BCUT2D eigenvalue weighted by Crippen LogP contribution is 2.40. The molecule has 2 unspecified atom stereocenters. The smallest absolute Gasteiger partial charge is 0.469 e. The predicted octanol–water partition coefficient (Wildman–Crippen LogP) is 4.78. The van der Waals surface area contributed by atoms with E-state index in [9.17, 15) is 4.79 Å². The van der Waals surface area contributed by atoms with Crippen molar-refractivity contribution in [3.8, 4) is 0 Å². The lowest BCUT2D eigenvalue weighted by molar-refractivity contribution is -0.140. The Labute approximate surface area is 236 Å². The summed E-state index contributed by atoms with van der Waals surface area (Å²) in [5, 5.41) is 6.25. The number of esters is 1. The molecule has 0 aliphatic carbocycles. The molecule has 0 spiro atoms. The number of carbonyl (C=O) groups excluding carboxylic acids is 1. The van der Waals surface area contributed by atoms with Gasteiger partial charge in [0, 0.05) is 23.4 Å². The van der Waals surface area contributed by atoms with Crippen LogP contribution in [0.3, 0.4) is 0 Å². The molecule has 11 heteroatoms. The monoisotopic (exact) mass is 564 g/mol. The van der Waals surface area contributed by atoms with Crippen LogP contribution in [0.5, 0.6) is 0 Å². The molecule has 39 heavy (non-hydrogen) atoms. The minimum Gasteiger partial charge on any atom is -0.469 e. The summed E-state index contributed by atoms with van der Waals surface area (Å²) in [6.45, 7) is 14.1. The van der Waals surface area contributed by atoms with Gasteiger partial charge in [-0.1, -0.05) is 18.5 Å². The van der Waals surface area contributed by atoms with Crippen LogP contribution in [-0.4, -0.2) is 74.2 Å². The zero-order valence-electron chi connectivity index (χ0n) is 24.1. The topological polar surface area (TPSA) is 90.3 Å². The van der Waals surface area contributed by atoms with E-state index in [1.807, 2.05) is 44.6 Å². The molecule has 0 amide bonds. The molecule has 216 valence electrons. The van der Waals surface area contributed by atoms with Crippen molar-refractivity contribution in [2.24, 2.45) is 0 Å². The molecule has 0 N–H and O–H groups in total. The SMILES string of the molecule is C1COCCO1.COC(=O)CCC(C)c1c(Cl)cc2c(cnn2C2CCCCO2)c1B1OC(C)(C)C(C)(C)O1. The molecule has 5 rings (SSSR count). The Kier molecular flexibility index (Phi) is 9.99. The van der Waals surface area contributed by atoms with Gasteiger partial charge in [0.25, 0.3) is 0 Å². The molecule has 2 aromatic rings. The number of hydrogen-bond acceptors (Lipinski definition) is 8. The number of rotatable bonds is 6. The van der Waals surface area contributed by atoms with Gasteiger partial charge in [0.1, 0.15) is 0 Å². The normalized spacial score (nSPS) is 23.3. The van der Waals surface area contributed by atoms with E-state index in [1.165, 1.54) is 7.11 Å². The summed E-state index contributed by atoms with van der Waals surface area (Å²) >= 11 is 6.93. The summed E-state index contributed by atoms with van der Waals surface area (Å²) in [5.74, 6) is -0.247. The van der Waals surface area contributed by atoms with Gasteiger partial charge in [0.15, 0.2) is 6.23 Å². The first-order chi connectivity index (χ1) is 18.6. The molecule has 0 saturated carbocycles. The van der Waals surface area contributed by atoms with Crippen molar-refractivity contribution >= 4 is 41.1 Å². The fraction of sp³-hybridized carbons (Fsp3) is 0.714. The van der Waals surface area contributed by atoms with Crippen LogP contribution in [0, 0.1) is 0 Å². The van der Waals surface area contributed by atoms with Gasteiger partial charge in [0.05, 0.1) is 56.5 Å².